The largest absolute Gasteiger partial charge is 0.508 e. The first-order chi connectivity index (χ1) is 30.4. The molecule has 1 saturated heterocycles. The lowest BCUT2D eigenvalue weighted by molar-refractivity contribution is -0.160. The summed E-state index contributed by atoms with van der Waals surface area (Å²) in [6.45, 7) is 16.0. The number of unbranched alkanes of at least 4 members (excludes halogenated alkanes) is 12. The molecule has 2 atom stereocenters. The van der Waals surface area contributed by atoms with Crippen molar-refractivity contribution >= 4 is 12.1 Å². The zero-order chi connectivity index (χ0) is 44.7. The fraction of sp³-hybridized carbons (Fsp3) is 0.778. The van der Waals surface area contributed by atoms with E-state index in [-0.39, 0.29) is 25.6 Å². The first kappa shape index (κ1) is 55.5. The highest BCUT2D eigenvalue weighted by molar-refractivity contribution is 5.69. The number of carbonyl (C=O) groups is 2. The van der Waals surface area contributed by atoms with Gasteiger partial charge in [0.2, 0.25) is 0 Å². The first-order valence-electron chi connectivity index (χ1n) is 25.7. The summed E-state index contributed by atoms with van der Waals surface area (Å²) in [5, 5.41) is 0. The number of aryl methyl sites for hydroxylation is 1. The molecule has 1 aromatic carbocycles. The van der Waals surface area contributed by atoms with E-state index in [1.165, 1.54) is 82.6 Å². The second kappa shape index (κ2) is 38.8. The topological polar surface area (TPSA) is 83.5 Å². The van der Waals surface area contributed by atoms with Crippen LogP contribution in [-0.2, 0) is 48.1 Å². The van der Waals surface area contributed by atoms with E-state index in [0.717, 1.165) is 108 Å². The van der Waals surface area contributed by atoms with Crippen LogP contribution in [-0.4, -0.2) is 62.8 Å². The van der Waals surface area contributed by atoms with Crippen molar-refractivity contribution < 1.29 is 33.3 Å². The molecule has 2 unspecified atom stereocenters. The van der Waals surface area contributed by atoms with Gasteiger partial charge in [0.25, 0.3) is 0 Å². The molecule has 0 aromatic heterocycles. The van der Waals surface area contributed by atoms with Crippen LogP contribution in [0, 0.1) is 11.8 Å². The Kier molecular flexibility index (Phi) is 34.7. The smallest absolute Gasteiger partial charge is 0.461 e. The molecule has 0 N–H and O–H groups in total. The molecule has 1 heterocycles. The average Bonchev–Trinajstić information content (AvgIpc) is 3.29. The van der Waals surface area contributed by atoms with Gasteiger partial charge in [-0.2, -0.15) is 0 Å². The van der Waals surface area contributed by atoms with Crippen molar-refractivity contribution in [1.82, 2.24) is 4.90 Å². The number of benzene rings is 1. The Bertz CT molecular complexity index is 1270. The maximum Gasteiger partial charge on any atom is 0.508 e. The number of carbonyl (C=O) groups excluding carboxylic acids is 2. The molecule has 0 saturated carbocycles. The van der Waals surface area contributed by atoms with Crippen molar-refractivity contribution in [3.8, 4) is 0 Å². The number of hydrogen-bond donors (Lipinski definition) is 0. The zero-order valence-corrected chi connectivity index (χ0v) is 40.6. The van der Waals surface area contributed by atoms with Crippen LogP contribution in [0.2, 0.25) is 0 Å². The van der Waals surface area contributed by atoms with Crippen molar-refractivity contribution in [2.75, 3.05) is 39.5 Å². The maximum atomic E-state index is 13.2. The summed E-state index contributed by atoms with van der Waals surface area (Å²) in [7, 11) is 0. The molecule has 1 aromatic rings. The van der Waals surface area contributed by atoms with Gasteiger partial charge in [-0.05, 0) is 119 Å². The number of ether oxygens (including phenoxy) is 5. The Labute approximate surface area is 380 Å². The second-order valence-corrected chi connectivity index (χ2v) is 17.8. The summed E-state index contributed by atoms with van der Waals surface area (Å²) in [6, 6.07) is 6.34. The number of esters is 1. The Morgan fingerprint density at radius 3 is 1.84 bits per heavy atom. The Morgan fingerprint density at radius 1 is 0.645 bits per heavy atom. The third-order valence-electron chi connectivity index (χ3n) is 12.2. The van der Waals surface area contributed by atoms with Gasteiger partial charge >= 0.3 is 12.1 Å². The minimum atomic E-state index is -0.622. The van der Waals surface area contributed by atoms with Crippen LogP contribution in [0.4, 0.5) is 4.79 Å². The van der Waals surface area contributed by atoms with Crippen molar-refractivity contribution in [2.45, 2.75) is 221 Å². The molecule has 0 spiro atoms. The zero-order valence-electron chi connectivity index (χ0n) is 40.6. The van der Waals surface area contributed by atoms with E-state index in [2.05, 4.69) is 76.0 Å². The lowest BCUT2D eigenvalue weighted by atomic mass is 9.88. The predicted octanol–water partition coefficient (Wildman–Crippen LogP) is 14.8. The molecule has 62 heavy (non-hydrogen) atoms. The molecule has 8 nitrogen and oxygen atoms in total. The lowest BCUT2D eigenvalue weighted by Gasteiger charge is -2.31. The minimum Gasteiger partial charge on any atom is -0.461 e. The third-order valence-corrected chi connectivity index (χ3v) is 12.2. The predicted molar refractivity (Wildman–Crippen MR) is 257 cm³/mol. The highest BCUT2D eigenvalue weighted by Crippen LogP contribution is 2.25. The molecule has 356 valence electrons. The van der Waals surface area contributed by atoms with Gasteiger partial charge in [-0.1, -0.05) is 148 Å². The lowest BCUT2D eigenvalue weighted by Crippen LogP contribution is -2.37. The summed E-state index contributed by atoms with van der Waals surface area (Å²) < 4.78 is 29.5. The highest BCUT2D eigenvalue weighted by Gasteiger charge is 2.21. The molecule has 0 amide bonds. The van der Waals surface area contributed by atoms with Gasteiger partial charge in [-0.15, -0.1) is 0 Å². The number of piperidine rings is 1. The Balaban J connectivity index is 2.06. The van der Waals surface area contributed by atoms with Crippen LogP contribution < -0.4 is 0 Å². The van der Waals surface area contributed by atoms with E-state index in [0.29, 0.717) is 38.1 Å². The van der Waals surface area contributed by atoms with E-state index in [1.54, 1.807) is 0 Å². The number of rotatable bonds is 39. The first-order valence-corrected chi connectivity index (χ1v) is 25.7. The number of likely N-dealkylation sites (tertiary alicyclic amines) is 1. The fourth-order valence-corrected chi connectivity index (χ4v) is 8.39. The summed E-state index contributed by atoms with van der Waals surface area (Å²) in [5.41, 5.74) is 3.01. The van der Waals surface area contributed by atoms with E-state index >= 15 is 0 Å². The van der Waals surface area contributed by atoms with E-state index in [9.17, 15) is 9.59 Å². The van der Waals surface area contributed by atoms with Gasteiger partial charge in [-0.3, -0.25) is 4.79 Å². The molecule has 0 radical (unpaired) electrons. The molecule has 2 rings (SSSR count). The van der Waals surface area contributed by atoms with Gasteiger partial charge in [-0.25, -0.2) is 4.79 Å². The van der Waals surface area contributed by atoms with Crippen LogP contribution in [0.3, 0.4) is 0 Å². The normalized spacial score (nSPS) is 15.2. The summed E-state index contributed by atoms with van der Waals surface area (Å²) >= 11 is 0. The fourth-order valence-electron chi connectivity index (χ4n) is 8.39. The molecule has 1 aliphatic rings. The van der Waals surface area contributed by atoms with Gasteiger partial charge in [0.1, 0.15) is 13.2 Å². The monoisotopic (exact) mass is 868 g/mol. The standard InChI is InChI=1S/C54H93NO7/c1-6-11-15-19-22-26-31-47(30-25-18-14-9-4)33-34-48-40-50(42-51(41-48)46-62-54(57)61-44-49-32-29-37-55(10-5)43-49)45-60-52(56)35-36-53(58-38-27-23-20-16-12-7-2)59-39-28-24-21-17-13-8-3/h12-13,16-17,40-42,47,49,53H,6-11,14-15,18-39,43-46H2,1-5H3/b16-12-,17-13-. The highest BCUT2D eigenvalue weighted by atomic mass is 16.7. The Hall–Kier alpha value is -2.68. The van der Waals surface area contributed by atoms with Gasteiger partial charge in [0, 0.05) is 32.1 Å². The quantitative estimate of drug-likeness (QED) is 0.0280. The summed E-state index contributed by atoms with van der Waals surface area (Å²) in [4.78, 5) is 28.4. The second-order valence-electron chi connectivity index (χ2n) is 17.8. The summed E-state index contributed by atoms with van der Waals surface area (Å²) in [6.07, 6.45) is 36.8. The molecule has 8 heteroatoms. The molecular formula is C54H93NO7. The van der Waals surface area contributed by atoms with Gasteiger partial charge in [0.05, 0.1) is 13.0 Å². The number of hydrogen-bond acceptors (Lipinski definition) is 8. The third kappa shape index (κ3) is 29.6. The van der Waals surface area contributed by atoms with Crippen molar-refractivity contribution in [2.24, 2.45) is 11.8 Å². The van der Waals surface area contributed by atoms with Crippen LogP contribution in [0.25, 0.3) is 0 Å². The minimum absolute atomic E-state index is 0.123. The van der Waals surface area contributed by atoms with Crippen LogP contribution in [0.15, 0.2) is 42.5 Å². The molecule has 1 aliphatic heterocycles. The van der Waals surface area contributed by atoms with Crippen LogP contribution in [0.5, 0.6) is 0 Å². The molecule has 0 aliphatic carbocycles. The van der Waals surface area contributed by atoms with Crippen molar-refractivity contribution in [3.05, 3.63) is 59.2 Å². The SMILES string of the molecule is CC/C=C\CCCCOC(CCC(=O)OCc1cc(CCC(CCCCCC)CCCCCCCC)cc(COC(=O)OCC2CCCN(CC)C2)c1)OCCCC/C=C\CC. The van der Waals surface area contributed by atoms with E-state index in [4.69, 9.17) is 23.7 Å². The number of nitrogens with zero attached hydrogens (tertiary/aromatic N) is 1. The van der Waals surface area contributed by atoms with Crippen molar-refractivity contribution in [1.29, 1.82) is 0 Å². The average molecular weight is 868 g/mol. The molecular weight excluding hydrogens is 775 g/mol. The van der Waals surface area contributed by atoms with Crippen molar-refractivity contribution in [3.63, 3.8) is 0 Å². The Morgan fingerprint density at radius 2 is 1.23 bits per heavy atom. The van der Waals surface area contributed by atoms with Gasteiger partial charge < -0.3 is 28.6 Å². The molecule has 1 fully saturated rings. The summed E-state index contributed by atoms with van der Waals surface area (Å²) in [5.74, 6) is 0.779. The van der Waals surface area contributed by atoms with E-state index in [1.807, 2.05) is 6.07 Å². The number of allylic oxidation sites excluding steroid dienone is 4. The molecule has 0 bridgehead atoms. The maximum absolute atomic E-state index is 13.2. The van der Waals surface area contributed by atoms with E-state index < -0.39 is 12.4 Å². The van der Waals surface area contributed by atoms with Gasteiger partial charge in [0.15, 0.2) is 6.29 Å². The van der Waals surface area contributed by atoms with Crippen LogP contribution >= 0.6 is 0 Å². The van der Waals surface area contributed by atoms with Crippen LogP contribution in [0.1, 0.15) is 212 Å².